The molecule has 1 aromatic rings. The molecule has 7 nitrogen and oxygen atoms in total. The van der Waals surface area contributed by atoms with Gasteiger partial charge in [-0.3, -0.25) is 5.10 Å². The van der Waals surface area contributed by atoms with Gasteiger partial charge in [0.2, 0.25) is 10.0 Å². The van der Waals surface area contributed by atoms with E-state index in [0.29, 0.717) is 31.0 Å². The van der Waals surface area contributed by atoms with Crippen LogP contribution in [0.1, 0.15) is 24.6 Å². The molecular formula is C11H20N4O3S2. The lowest BCUT2D eigenvalue weighted by Gasteiger charge is -2.30. The third-order valence-corrected chi connectivity index (χ3v) is 5.11. The van der Waals surface area contributed by atoms with E-state index in [1.54, 1.807) is 7.11 Å². The summed E-state index contributed by atoms with van der Waals surface area (Å²) >= 11 is 5.22. The molecule has 1 aliphatic heterocycles. The Morgan fingerprint density at radius 3 is 2.95 bits per heavy atom. The highest BCUT2D eigenvalue weighted by molar-refractivity contribution is 7.88. The molecule has 0 saturated carbocycles. The summed E-state index contributed by atoms with van der Waals surface area (Å²) in [6.45, 7) is 2.21. The van der Waals surface area contributed by atoms with Crippen LogP contribution in [-0.2, 0) is 21.3 Å². The Kier molecular flexibility index (Phi) is 4.95. The number of H-pyrrole nitrogens is 1. The lowest BCUT2D eigenvalue weighted by Crippen LogP contribution is -2.39. The summed E-state index contributed by atoms with van der Waals surface area (Å²) in [5, 5.41) is 7.07. The Morgan fingerprint density at radius 2 is 2.30 bits per heavy atom. The van der Waals surface area contributed by atoms with Crippen LogP contribution < -0.4 is 0 Å². The minimum Gasteiger partial charge on any atom is -0.383 e. The van der Waals surface area contributed by atoms with Gasteiger partial charge in [0, 0.05) is 32.7 Å². The molecule has 1 atom stereocenters. The summed E-state index contributed by atoms with van der Waals surface area (Å²) in [5.41, 5.74) is 0. The standard InChI is InChI=1S/C11H20N4O3S2/c1-18-7-6-15-10(12-13-11(15)19)9-4-3-5-14(8-9)20(2,16)17/h9H,3-8H2,1-2H3,(H,13,19)/t9-/m0/s1. The summed E-state index contributed by atoms with van der Waals surface area (Å²) in [7, 11) is -1.52. The van der Waals surface area contributed by atoms with E-state index >= 15 is 0 Å². The molecule has 0 unspecified atom stereocenters. The Labute approximate surface area is 124 Å². The van der Waals surface area contributed by atoms with Crippen molar-refractivity contribution in [2.24, 2.45) is 0 Å². The van der Waals surface area contributed by atoms with Gasteiger partial charge in [0.15, 0.2) is 4.77 Å². The highest BCUT2D eigenvalue weighted by Crippen LogP contribution is 2.26. The molecule has 0 amide bonds. The molecule has 0 radical (unpaired) electrons. The van der Waals surface area contributed by atoms with E-state index in [-0.39, 0.29) is 5.92 Å². The van der Waals surface area contributed by atoms with Crippen molar-refractivity contribution in [2.45, 2.75) is 25.3 Å². The van der Waals surface area contributed by atoms with E-state index in [9.17, 15) is 8.42 Å². The SMILES string of the molecule is COCCn1c([C@H]2CCCN(S(C)(=O)=O)C2)n[nH]c1=S. The zero-order valence-corrected chi connectivity index (χ0v) is 13.3. The van der Waals surface area contributed by atoms with Gasteiger partial charge in [0.25, 0.3) is 0 Å². The summed E-state index contributed by atoms with van der Waals surface area (Å²) in [6, 6.07) is 0. The third-order valence-electron chi connectivity index (χ3n) is 3.53. The maximum atomic E-state index is 11.7. The number of hydrogen-bond acceptors (Lipinski definition) is 5. The fourth-order valence-electron chi connectivity index (χ4n) is 2.49. The number of rotatable bonds is 5. The molecular weight excluding hydrogens is 300 g/mol. The number of ether oxygens (including phenoxy) is 1. The molecule has 20 heavy (non-hydrogen) atoms. The van der Waals surface area contributed by atoms with Gasteiger partial charge in [-0.1, -0.05) is 0 Å². The largest absolute Gasteiger partial charge is 0.383 e. The van der Waals surface area contributed by atoms with Crippen LogP contribution in [0.3, 0.4) is 0 Å². The summed E-state index contributed by atoms with van der Waals surface area (Å²) in [4.78, 5) is 0. The number of hydrogen-bond donors (Lipinski definition) is 1. The number of sulfonamides is 1. The second-order valence-electron chi connectivity index (χ2n) is 4.99. The molecule has 0 spiro atoms. The van der Waals surface area contributed by atoms with Crippen molar-refractivity contribution < 1.29 is 13.2 Å². The van der Waals surface area contributed by atoms with Crippen molar-refractivity contribution in [1.82, 2.24) is 19.1 Å². The van der Waals surface area contributed by atoms with Crippen LogP contribution in [0, 0.1) is 4.77 Å². The fraction of sp³-hybridized carbons (Fsp3) is 0.818. The summed E-state index contributed by atoms with van der Waals surface area (Å²) in [5.74, 6) is 0.892. The second kappa shape index (κ2) is 6.33. The average Bonchev–Trinajstić information content (AvgIpc) is 2.77. The van der Waals surface area contributed by atoms with E-state index in [4.69, 9.17) is 17.0 Å². The number of aromatic nitrogens is 3. The molecule has 1 aromatic heterocycles. The Morgan fingerprint density at radius 1 is 1.55 bits per heavy atom. The van der Waals surface area contributed by atoms with E-state index in [1.165, 1.54) is 10.6 Å². The average molecular weight is 320 g/mol. The first-order chi connectivity index (χ1) is 9.43. The van der Waals surface area contributed by atoms with Gasteiger partial charge < -0.3 is 9.30 Å². The normalized spacial score (nSPS) is 21.2. The van der Waals surface area contributed by atoms with E-state index < -0.39 is 10.0 Å². The van der Waals surface area contributed by atoms with E-state index in [2.05, 4.69) is 10.2 Å². The molecule has 0 bridgehead atoms. The first-order valence-corrected chi connectivity index (χ1v) is 8.78. The van der Waals surface area contributed by atoms with Crippen LogP contribution in [0.4, 0.5) is 0 Å². The minimum atomic E-state index is -3.15. The van der Waals surface area contributed by atoms with Gasteiger partial charge in [-0.05, 0) is 25.1 Å². The number of nitrogens with one attached hydrogen (secondary N) is 1. The number of nitrogens with zero attached hydrogens (tertiary/aromatic N) is 3. The fourth-order valence-corrected chi connectivity index (χ4v) is 3.64. The van der Waals surface area contributed by atoms with Crippen LogP contribution in [0.5, 0.6) is 0 Å². The van der Waals surface area contributed by atoms with Crippen molar-refractivity contribution in [2.75, 3.05) is 33.1 Å². The first kappa shape index (κ1) is 15.6. The van der Waals surface area contributed by atoms with Crippen molar-refractivity contribution in [3.8, 4) is 0 Å². The van der Waals surface area contributed by atoms with Gasteiger partial charge in [0.05, 0.1) is 12.9 Å². The van der Waals surface area contributed by atoms with E-state index in [0.717, 1.165) is 18.7 Å². The van der Waals surface area contributed by atoms with Crippen LogP contribution in [0.2, 0.25) is 0 Å². The molecule has 1 fully saturated rings. The molecule has 1 saturated heterocycles. The lowest BCUT2D eigenvalue weighted by molar-refractivity contribution is 0.184. The lowest BCUT2D eigenvalue weighted by atomic mass is 9.99. The molecule has 2 rings (SSSR count). The van der Waals surface area contributed by atoms with Crippen molar-refractivity contribution in [3.63, 3.8) is 0 Å². The van der Waals surface area contributed by atoms with Crippen molar-refractivity contribution in [1.29, 1.82) is 0 Å². The molecule has 1 aliphatic rings. The summed E-state index contributed by atoms with van der Waals surface area (Å²) in [6.07, 6.45) is 3.00. The Bertz CT molecular complexity index is 607. The predicted octanol–water partition coefficient (Wildman–Crippen LogP) is 0.726. The van der Waals surface area contributed by atoms with Crippen molar-refractivity contribution in [3.05, 3.63) is 10.6 Å². The topological polar surface area (TPSA) is 80.2 Å². The van der Waals surface area contributed by atoms with Gasteiger partial charge in [-0.2, -0.15) is 5.10 Å². The highest BCUT2D eigenvalue weighted by atomic mass is 32.2. The maximum absolute atomic E-state index is 11.7. The van der Waals surface area contributed by atoms with Gasteiger partial charge in [0.1, 0.15) is 5.82 Å². The van der Waals surface area contributed by atoms with Gasteiger partial charge in [-0.15, -0.1) is 0 Å². The quantitative estimate of drug-likeness (QED) is 0.809. The zero-order chi connectivity index (χ0) is 14.8. The molecule has 0 aromatic carbocycles. The zero-order valence-electron chi connectivity index (χ0n) is 11.7. The molecule has 0 aliphatic carbocycles. The predicted molar refractivity (Wildman–Crippen MR) is 77.7 cm³/mol. The number of piperidine rings is 1. The van der Waals surface area contributed by atoms with Gasteiger partial charge >= 0.3 is 0 Å². The van der Waals surface area contributed by atoms with Crippen LogP contribution in [0.25, 0.3) is 0 Å². The molecule has 2 heterocycles. The summed E-state index contributed by atoms with van der Waals surface area (Å²) < 4.78 is 32.4. The number of methoxy groups -OCH3 is 1. The van der Waals surface area contributed by atoms with Gasteiger partial charge in [-0.25, -0.2) is 12.7 Å². The molecule has 1 N–H and O–H groups in total. The van der Waals surface area contributed by atoms with Crippen LogP contribution in [-0.4, -0.2) is 60.5 Å². The Balaban J connectivity index is 2.21. The van der Waals surface area contributed by atoms with E-state index in [1.807, 2.05) is 4.57 Å². The Hall–Kier alpha value is -0.770. The smallest absolute Gasteiger partial charge is 0.211 e. The monoisotopic (exact) mass is 320 g/mol. The maximum Gasteiger partial charge on any atom is 0.211 e. The molecule has 114 valence electrons. The number of aromatic amines is 1. The van der Waals surface area contributed by atoms with Crippen LogP contribution >= 0.6 is 12.2 Å². The third kappa shape index (κ3) is 3.46. The minimum absolute atomic E-state index is 0.0725. The van der Waals surface area contributed by atoms with Crippen molar-refractivity contribution >= 4 is 22.2 Å². The second-order valence-corrected chi connectivity index (χ2v) is 7.36. The first-order valence-electron chi connectivity index (χ1n) is 6.52. The highest BCUT2D eigenvalue weighted by Gasteiger charge is 2.29. The molecule has 9 heteroatoms. The van der Waals surface area contributed by atoms with Crippen LogP contribution in [0.15, 0.2) is 0 Å².